The molecule has 1 aliphatic rings. The minimum absolute atomic E-state index is 0.218. The second-order valence-electron chi connectivity index (χ2n) is 6.35. The van der Waals surface area contributed by atoms with Gasteiger partial charge in [-0.1, -0.05) is 6.92 Å². The van der Waals surface area contributed by atoms with Gasteiger partial charge in [0.1, 0.15) is 0 Å². The Kier molecular flexibility index (Phi) is 4.99. The van der Waals surface area contributed by atoms with Gasteiger partial charge in [-0.05, 0) is 40.5 Å². The molecule has 0 amide bonds. The van der Waals surface area contributed by atoms with E-state index in [1.807, 2.05) is 0 Å². The van der Waals surface area contributed by atoms with Gasteiger partial charge in [-0.2, -0.15) is 0 Å². The van der Waals surface area contributed by atoms with Crippen molar-refractivity contribution < 1.29 is 4.74 Å². The van der Waals surface area contributed by atoms with Crippen LogP contribution >= 0.6 is 0 Å². The molecule has 0 aromatic carbocycles. The summed E-state index contributed by atoms with van der Waals surface area (Å²) in [6.45, 7) is 14.6. The molecule has 1 rings (SSSR count). The monoisotopic (exact) mass is 242 g/mol. The number of nitrogens with one attached hydrogen (secondary N) is 1. The fourth-order valence-electron chi connectivity index (χ4n) is 2.66. The summed E-state index contributed by atoms with van der Waals surface area (Å²) in [4.78, 5) is 2.67. The molecule has 2 unspecified atom stereocenters. The highest BCUT2D eigenvalue weighted by Gasteiger charge is 2.41. The lowest BCUT2D eigenvalue weighted by molar-refractivity contribution is -0.0137. The standard InChI is InChI=1S/C14H30N2O/c1-7-14(5)10-15-13(3,4)11-16(14)12(2)8-9-17-6/h12,15H,7-11H2,1-6H3. The zero-order valence-electron chi connectivity index (χ0n) is 12.5. The Morgan fingerprint density at radius 2 is 2.00 bits per heavy atom. The Morgan fingerprint density at radius 3 is 2.53 bits per heavy atom. The summed E-state index contributed by atoms with van der Waals surface area (Å²) in [6, 6.07) is 0.585. The average Bonchev–Trinajstić information content (AvgIpc) is 2.29. The lowest BCUT2D eigenvalue weighted by Crippen LogP contribution is -2.68. The molecule has 0 bridgehead atoms. The number of nitrogens with zero attached hydrogens (tertiary/aromatic N) is 1. The van der Waals surface area contributed by atoms with Crippen molar-refractivity contribution in [3.63, 3.8) is 0 Å². The van der Waals surface area contributed by atoms with Crippen molar-refractivity contribution in [2.75, 3.05) is 26.8 Å². The van der Waals surface area contributed by atoms with Crippen LogP contribution in [0.5, 0.6) is 0 Å². The van der Waals surface area contributed by atoms with E-state index in [1.54, 1.807) is 7.11 Å². The van der Waals surface area contributed by atoms with Crippen molar-refractivity contribution in [3.05, 3.63) is 0 Å². The first-order valence-electron chi connectivity index (χ1n) is 6.85. The molecule has 1 saturated heterocycles. The van der Waals surface area contributed by atoms with Gasteiger partial charge in [0.05, 0.1) is 0 Å². The summed E-state index contributed by atoms with van der Waals surface area (Å²) < 4.78 is 5.21. The lowest BCUT2D eigenvalue weighted by atomic mass is 9.86. The summed E-state index contributed by atoms with van der Waals surface area (Å²) >= 11 is 0. The Hall–Kier alpha value is -0.120. The second kappa shape index (κ2) is 5.68. The van der Waals surface area contributed by atoms with Gasteiger partial charge in [0.2, 0.25) is 0 Å². The quantitative estimate of drug-likeness (QED) is 0.800. The first-order chi connectivity index (χ1) is 7.84. The third kappa shape index (κ3) is 3.67. The highest BCUT2D eigenvalue weighted by molar-refractivity contribution is 5.00. The minimum Gasteiger partial charge on any atom is -0.385 e. The number of hydrogen-bond acceptors (Lipinski definition) is 3. The molecule has 2 atom stereocenters. The maximum atomic E-state index is 5.21. The zero-order valence-corrected chi connectivity index (χ0v) is 12.5. The van der Waals surface area contributed by atoms with Gasteiger partial charge in [0.15, 0.2) is 0 Å². The van der Waals surface area contributed by atoms with E-state index in [4.69, 9.17) is 4.74 Å². The van der Waals surface area contributed by atoms with E-state index in [0.29, 0.717) is 6.04 Å². The van der Waals surface area contributed by atoms with Crippen LogP contribution in [0.15, 0.2) is 0 Å². The minimum atomic E-state index is 0.218. The Morgan fingerprint density at radius 1 is 1.35 bits per heavy atom. The highest BCUT2D eigenvalue weighted by Crippen LogP contribution is 2.29. The molecule has 3 heteroatoms. The molecule has 0 aromatic rings. The predicted octanol–water partition coefficient (Wildman–Crippen LogP) is 2.26. The van der Waals surface area contributed by atoms with E-state index in [2.05, 4.69) is 44.8 Å². The van der Waals surface area contributed by atoms with Gasteiger partial charge in [0.25, 0.3) is 0 Å². The van der Waals surface area contributed by atoms with E-state index in [0.717, 1.165) is 26.1 Å². The normalized spacial score (nSPS) is 31.4. The molecule has 0 saturated carbocycles. The van der Waals surface area contributed by atoms with E-state index < -0.39 is 0 Å². The van der Waals surface area contributed by atoms with Crippen LogP contribution in [0.1, 0.15) is 47.5 Å². The number of hydrogen-bond donors (Lipinski definition) is 1. The third-order valence-electron chi connectivity index (χ3n) is 4.24. The highest BCUT2D eigenvalue weighted by atomic mass is 16.5. The van der Waals surface area contributed by atoms with Crippen molar-refractivity contribution in [2.45, 2.75) is 64.6 Å². The summed E-state index contributed by atoms with van der Waals surface area (Å²) in [7, 11) is 1.79. The predicted molar refractivity (Wildman–Crippen MR) is 73.4 cm³/mol. The molecular weight excluding hydrogens is 212 g/mol. The Balaban J connectivity index is 2.74. The first-order valence-corrected chi connectivity index (χ1v) is 6.85. The van der Waals surface area contributed by atoms with Crippen LogP contribution in [0.3, 0.4) is 0 Å². The average molecular weight is 242 g/mol. The van der Waals surface area contributed by atoms with Crippen LogP contribution in [0.2, 0.25) is 0 Å². The fraction of sp³-hybridized carbons (Fsp3) is 1.00. The molecular formula is C14H30N2O. The Labute approximate surface area is 107 Å². The number of piperazine rings is 1. The van der Waals surface area contributed by atoms with Crippen LogP contribution in [0, 0.1) is 0 Å². The number of methoxy groups -OCH3 is 1. The van der Waals surface area contributed by atoms with Gasteiger partial charge >= 0.3 is 0 Å². The van der Waals surface area contributed by atoms with Crippen LogP contribution in [-0.2, 0) is 4.74 Å². The summed E-state index contributed by atoms with van der Waals surface area (Å²) in [5.74, 6) is 0. The van der Waals surface area contributed by atoms with Crippen LogP contribution in [-0.4, -0.2) is 48.8 Å². The van der Waals surface area contributed by atoms with Crippen molar-refractivity contribution in [1.29, 1.82) is 0 Å². The van der Waals surface area contributed by atoms with Crippen LogP contribution in [0.25, 0.3) is 0 Å². The van der Waals surface area contributed by atoms with Gasteiger partial charge in [-0.25, -0.2) is 0 Å². The molecule has 0 spiro atoms. The van der Waals surface area contributed by atoms with E-state index in [9.17, 15) is 0 Å². The molecule has 1 aliphatic heterocycles. The van der Waals surface area contributed by atoms with Gasteiger partial charge < -0.3 is 10.1 Å². The molecule has 1 fully saturated rings. The number of rotatable bonds is 5. The maximum Gasteiger partial charge on any atom is 0.0477 e. The van der Waals surface area contributed by atoms with Crippen molar-refractivity contribution >= 4 is 0 Å². The van der Waals surface area contributed by atoms with Crippen molar-refractivity contribution in [3.8, 4) is 0 Å². The molecule has 1 heterocycles. The molecule has 1 N–H and O–H groups in total. The van der Waals surface area contributed by atoms with Gasteiger partial charge in [-0.15, -0.1) is 0 Å². The molecule has 17 heavy (non-hydrogen) atoms. The fourth-order valence-corrected chi connectivity index (χ4v) is 2.66. The van der Waals surface area contributed by atoms with Crippen LogP contribution < -0.4 is 5.32 Å². The van der Waals surface area contributed by atoms with E-state index in [1.165, 1.54) is 6.42 Å². The zero-order chi connectivity index (χ0) is 13.1. The van der Waals surface area contributed by atoms with Crippen molar-refractivity contribution in [1.82, 2.24) is 10.2 Å². The summed E-state index contributed by atoms with van der Waals surface area (Å²) in [5, 5.41) is 3.67. The van der Waals surface area contributed by atoms with Gasteiger partial charge in [-0.3, -0.25) is 4.90 Å². The summed E-state index contributed by atoms with van der Waals surface area (Å²) in [5.41, 5.74) is 0.499. The lowest BCUT2D eigenvalue weighted by Gasteiger charge is -2.53. The van der Waals surface area contributed by atoms with Gasteiger partial charge in [0, 0.05) is 43.9 Å². The first kappa shape index (κ1) is 14.9. The number of ether oxygens (including phenoxy) is 1. The molecule has 102 valence electrons. The Bertz CT molecular complexity index is 242. The smallest absolute Gasteiger partial charge is 0.0477 e. The maximum absolute atomic E-state index is 5.21. The summed E-state index contributed by atoms with van der Waals surface area (Å²) in [6.07, 6.45) is 2.30. The van der Waals surface area contributed by atoms with E-state index >= 15 is 0 Å². The van der Waals surface area contributed by atoms with Crippen LogP contribution in [0.4, 0.5) is 0 Å². The topological polar surface area (TPSA) is 24.5 Å². The van der Waals surface area contributed by atoms with Crippen molar-refractivity contribution in [2.24, 2.45) is 0 Å². The molecule has 0 aliphatic carbocycles. The largest absolute Gasteiger partial charge is 0.385 e. The molecule has 3 nitrogen and oxygen atoms in total. The molecule has 0 aromatic heterocycles. The second-order valence-corrected chi connectivity index (χ2v) is 6.35. The third-order valence-corrected chi connectivity index (χ3v) is 4.24. The molecule has 0 radical (unpaired) electrons. The SMILES string of the molecule is CCC1(C)CNC(C)(C)CN1C(C)CCOC. The van der Waals surface area contributed by atoms with E-state index in [-0.39, 0.29) is 11.1 Å².